The van der Waals surface area contributed by atoms with Crippen LogP contribution in [-0.4, -0.2) is 15.6 Å². The largest absolute Gasteiger partial charge is 0.416 e. The zero-order valence-corrected chi connectivity index (χ0v) is 16.2. The number of rotatable bonds is 5. The quantitative estimate of drug-likeness (QED) is 0.303. The molecule has 3 aromatic rings. The maximum absolute atomic E-state index is 12.9. The molecule has 0 aliphatic carbocycles. The summed E-state index contributed by atoms with van der Waals surface area (Å²) in [6.45, 7) is 0. The normalized spacial score (nSPS) is 11.8. The van der Waals surface area contributed by atoms with Crippen LogP contribution in [0.4, 0.5) is 24.5 Å². The zero-order chi connectivity index (χ0) is 21.9. The van der Waals surface area contributed by atoms with Crippen molar-refractivity contribution in [3.05, 3.63) is 73.6 Å². The summed E-state index contributed by atoms with van der Waals surface area (Å²) >= 11 is 6.94. The first-order valence-corrected chi connectivity index (χ1v) is 9.26. The standard InChI is InChI=1S/C18H9ClF3N5O2S/c19-13-5-4-11(18(20,21)22)7-14(13)25-26-15(8-23)17-24-16(9-30-17)10-2-1-3-12(6-10)27(28)29/h1-7,9,25H/b26-15+. The van der Waals surface area contributed by atoms with Crippen molar-refractivity contribution in [1.82, 2.24) is 4.98 Å². The molecule has 7 nitrogen and oxygen atoms in total. The fourth-order valence-electron chi connectivity index (χ4n) is 2.32. The number of halogens is 4. The third kappa shape index (κ3) is 4.73. The van der Waals surface area contributed by atoms with Gasteiger partial charge in [-0.1, -0.05) is 23.7 Å². The minimum atomic E-state index is -4.56. The molecule has 3 rings (SSSR count). The van der Waals surface area contributed by atoms with Crippen LogP contribution in [0.5, 0.6) is 0 Å². The van der Waals surface area contributed by atoms with E-state index in [2.05, 4.69) is 15.5 Å². The van der Waals surface area contributed by atoms with Crippen LogP contribution in [0.2, 0.25) is 5.02 Å². The van der Waals surface area contributed by atoms with Gasteiger partial charge >= 0.3 is 6.18 Å². The Morgan fingerprint density at radius 3 is 2.73 bits per heavy atom. The summed E-state index contributed by atoms with van der Waals surface area (Å²) in [5, 5.41) is 25.8. The Hall–Kier alpha value is -3.49. The third-order valence-corrected chi connectivity index (χ3v) is 4.93. The lowest BCUT2D eigenvalue weighted by Gasteiger charge is -2.10. The number of hydrogen-bond acceptors (Lipinski definition) is 7. The third-order valence-electron chi connectivity index (χ3n) is 3.75. The summed E-state index contributed by atoms with van der Waals surface area (Å²) in [5.74, 6) is 0. The molecule has 0 aliphatic heterocycles. The Labute approximate surface area is 176 Å². The molecule has 0 saturated carbocycles. The zero-order valence-electron chi connectivity index (χ0n) is 14.6. The van der Waals surface area contributed by atoms with Crippen molar-refractivity contribution >= 4 is 40.0 Å². The van der Waals surface area contributed by atoms with E-state index in [1.165, 1.54) is 18.2 Å². The lowest BCUT2D eigenvalue weighted by molar-refractivity contribution is -0.384. The van der Waals surface area contributed by atoms with Crippen LogP contribution in [-0.2, 0) is 6.18 Å². The first-order chi connectivity index (χ1) is 14.2. The van der Waals surface area contributed by atoms with Crippen molar-refractivity contribution in [2.24, 2.45) is 5.10 Å². The number of alkyl halides is 3. The van der Waals surface area contributed by atoms with Crippen molar-refractivity contribution in [2.45, 2.75) is 6.18 Å². The molecule has 0 fully saturated rings. The molecule has 1 aromatic heterocycles. The number of anilines is 1. The molecule has 30 heavy (non-hydrogen) atoms. The molecule has 2 aromatic carbocycles. The Kier molecular flexibility index (Phi) is 6.00. The Morgan fingerprint density at radius 2 is 2.07 bits per heavy atom. The van der Waals surface area contributed by atoms with Crippen LogP contribution in [0.3, 0.4) is 0 Å². The van der Waals surface area contributed by atoms with E-state index in [0.717, 1.165) is 29.5 Å². The van der Waals surface area contributed by atoms with Gasteiger partial charge in [-0.15, -0.1) is 11.3 Å². The number of nitrogens with zero attached hydrogens (tertiary/aromatic N) is 4. The molecule has 0 bridgehead atoms. The monoisotopic (exact) mass is 451 g/mol. The van der Waals surface area contributed by atoms with E-state index < -0.39 is 16.7 Å². The second-order valence-corrected chi connectivity index (χ2v) is 6.99. The summed E-state index contributed by atoms with van der Waals surface area (Å²) in [6.07, 6.45) is -4.56. The molecule has 0 saturated heterocycles. The second-order valence-electron chi connectivity index (χ2n) is 5.72. The highest BCUT2D eigenvalue weighted by atomic mass is 35.5. The Bertz CT molecular complexity index is 1190. The first-order valence-electron chi connectivity index (χ1n) is 8.00. The molecule has 0 amide bonds. The molecule has 152 valence electrons. The summed E-state index contributed by atoms with van der Waals surface area (Å²) in [4.78, 5) is 14.6. The molecule has 1 N–H and O–H groups in total. The fraction of sp³-hybridized carbons (Fsp3) is 0.0556. The van der Waals surface area contributed by atoms with Gasteiger partial charge in [0.05, 0.1) is 26.9 Å². The summed E-state index contributed by atoms with van der Waals surface area (Å²) in [5.41, 5.74) is 1.86. The summed E-state index contributed by atoms with van der Waals surface area (Å²) in [7, 11) is 0. The average Bonchev–Trinajstić information content (AvgIpc) is 3.19. The van der Waals surface area contributed by atoms with Gasteiger partial charge in [0.1, 0.15) is 6.07 Å². The summed E-state index contributed by atoms with van der Waals surface area (Å²) in [6, 6.07) is 10.3. The SMILES string of the molecule is N#C/C(=N\Nc1cc(C(F)(F)F)ccc1Cl)c1nc(-c2cccc([N+](=O)[O-])c2)cs1. The molecule has 0 unspecified atom stereocenters. The minimum absolute atomic E-state index is 0.0135. The van der Waals surface area contributed by atoms with E-state index in [1.54, 1.807) is 11.4 Å². The van der Waals surface area contributed by atoms with Gasteiger partial charge in [0, 0.05) is 23.1 Å². The maximum Gasteiger partial charge on any atom is 0.416 e. The molecule has 0 aliphatic rings. The van der Waals surface area contributed by atoms with Gasteiger partial charge in [0.15, 0.2) is 10.7 Å². The molecular formula is C18H9ClF3N5O2S. The van der Waals surface area contributed by atoms with E-state index >= 15 is 0 Å². The van der Waals surface area contributed by atoms with Crippen LogP contribution in [0.15, 0.2) is 52.9 Å². The van der Waals surface area contributed by atoms with E-state index in [9.17, 15) is 28.5 Å². The predicted octanol–water partition coefficient (Wildman–Crippen LogP) is 5.73. The van der Waals surface area contributed by atoms with Gasteiger partial charge < -0.3 is 0 Å². The number of aromatic nitrogens is 1. The van der Waals surface area contributed by atoms with Crippen molar-refractivity contribution in [3.8, 4) is 17.3 Å². The Morgan fingerprint density at radius 1 is 1.30 bits per heavy atom. The van der Waals surface area contributed by atoms with Gasteiger partial charge in [0.25, 0.3) is 5.69 Å². The highest BCUT2D eigenvalue weighted by molar-refractivity contribution is 7.12. The second kappa shape index (κ2) is 8.48. The van der Waals surface area contributed by atoms with Crippen LogP contribution in [0.1, 0.15) is 10.6 Å². The molecule has 1 heterocycles. The fourth-order valence-corrected chi connectivity index (χ4v) is 3.24. The van der Waals surface area contributed by atoms with Crippen LogP contribution in [0, 0.1) is 21.4 Å². The number of nitro groups is 1. The van der Waals surface area contributed by atoms with E-state index in [0.29, 0.717) is 11.3 Å². The van der Waals surface area contributed by atoms with Crippen molar-refractivity contribution < 1.29 is 18.1 Å². The van der Waals surface area contributed by atoms with Crippen LogP contribution >= 0.6 is 22.9 Å². The van der Waals surface area contributed by atoms with Crippen molar-refractivity contribution in [1.29, 1.82) is 5.26 Å². The highest BCUT2D eigenvalue weighted by Gasteiger charge is 2.31. The number of thiazole rings is 1. The summed E-state index contributed by atoms with van der Waals surface area (Å²) < 4.78 is 38.6. The minimum Gasteiger partial charge on any atom is -0.276 e. The van der Waals surface area contributed by atoms with Gasteiger partial charge in [-0.2, -0.15) is 23.5 Å². The smallest absolute Gasteiger partial charge is 0.276 e. The van der Waals surface area contributed by atoms with Gasteiger partial charge in [-0.05, 0) is 18.2 Å². The molecular weight excluding hydrogens is 443 g/mol. The van der Waals surface area contributed by atoms with Crippen LogP contribution in [0.25, 0.3) is 11.3 Å². The number of hydrazone groups is 1. The highest BCUT2D eigenvalue weighted by Crippen LogP contribution is 2.34. The number of nitro benzene ring substituents is 1. The lowest BCUT2D eigenvalue weighted by atomic mass is 10.1. The predicted molar refractivity (Wildman–Crippen MR) is 106 cm³/mol. The number of nitriles is 1. The average molecular weight is 452 g/mol. The number of nitrogens with one attached hydrogen (secondary N) is 1. The number of hydrogen-bond donors (Lipinski definition) is 1. The number of benzene rings is 2. The molecule has 0 atom stereocenters. The van der Waals surface area contributed by atoms with Crippen LogP contribution < -0.4 is 5.43 Å². The van der Waals surface area contributed by atoms with Gasteiger partial charge in [-0.3, -0.25) is 15.5 Å². The van der Waals surface area contributed by atoms with E-state index in [1.807, 2.05) is 6.07 Å². The van der Waals surface area contributed by atoms with E-state index in [-0.39, 0.29) is 27.1 Å². The Balaban J connectivity index is 1.88. The molecule has 0 radical (unpaired) electrons. The molecule has 12 heteroatoms. The maximum atomic E-state index is 12.9. The van der Waals surface area contributed by atoms with Crippen molar-refractivity contribution in [2.75, 3.05) is 5.43 Å². The number of non-ortho nitro benzene ring substituents is 1. The topological polar surface area (TPSA) is 104 Å². The van der Waals surface area contributed by atoms with E-state index in [4.69, 9.17) is 11.6 Å². The molecule has 0 spiro atoms. The first kappa shape index (κ1) is 21.2. The van der Waals surface area contributed by atoms with Crippen molar-refractivity contribution in [3.63, 3.8) is 0 Å². The van der Waals surface area contributed by atoms with Gasteiger partial charge in [-0.25, -0.2) is 4.98 Å². The van der Waals surface area contributed by atoms with Gasteiger partial charge in [0.2, 0.25) is 0 Å². The lowest BCUT2D eigenvalue weighted by Crippen LogP contribution is -2.06.